The van der Waals surface area contributed by atoms with E-state index in [1.807, 2.05) is 0 Å². The van der Waals surface area contributed by atoms with Crippen molar-refractivity contribution < 1.29 is 9.50 Å². The molecule has 1 aliphatic rings. The molecule has 1 heterocycles. The first-order chi connectivity index (χ1) is 8.16. The maximum atomic E-state index is 12.9. The number of halogens is 2. The molecule has 0 saturated carbocycles. The van der Waals surface area contributed by atoms with Crippen LogP contribution in [0.1, 0.15) is 18.4 Å². The van der Waals surface area contributed by atoms with Crippen LogP contribution in [0, 0.1) is 11.7 Å². The van der Waals surface area contributed by atoms with Gasteiger partial charge >= 0.3 is 0 Å². The zero-order chi connectivity index (χ0) is 12.3. The van der Waals surface area contributed by atoms with Gasteiger partial charge in [0, 0.05) is 4.47 Å². The normalized spacial score (nSPS) is 19.2. The van der Waals surface area contributed by atoms with Crippen molar-refractivity contribution in [2.45, 2.75) is 25.4 Å². The van der Waals surface area contributed by atoms with E-state index in [-0.39, 0.29) is 11.9 Å². The van der Waals surface area contributed by atoms with Crippen molar-refractivity contribution in [3.63, 3.8) is 0 Å². The molecule has 2 nitrogen and oxygen atoms in total. The van der Waals surface area contributed by atoms with Gasteiger partial charge in [-0.2, -0.15) is 0 Å². The lowest BCUT2D eigenvalue weighted by molar-refractivity contribution is 0.0889. The average molecular weight is 302 g/mol. The van der Waals surface area contributed by atoms with Gasteiger partial charge in [-0.1, -0.05) is 22.0 Å². The van der Waals surface area contributed by atoms with Crippen LogP contribution in [0.3, 0.4) is 0 Å². The Balaban J connectivity index is 1.99. The van der Waals surface area contributed by atoms with Crippen molar-refractivity contribution in [3.8, 4) is 0 Å². The van der Waals surface area contributed by atoms with E-state index in [0.29, 0.717) is 12.3 Å². The van der Waals surface area contributed by atoms with Gasteiger partial charge in [-0.15, -0.1) is 0 Å². The maximum absolute atomic E-state index is 12.9. The Bertz CT molecular complexity index is 380. The number of piperidine rings is 1. The molecule has 0 radical (unpaired) electrons. The quantitative estimate of drug-likeness (QED) is 0.899. The van der Waals surface area contributed by atoms with Crippen LogP contribution in [0.2, 0.25) is 0 Å². The fraction of sp³-hybridized carbons (Fsp3) is 0.538. The first-order valence-corrected chi connectivity index (χ1v) is 6.79. The Morgan fingerprint density at radius 1 is 1.41 bits per heavy atom. The Morgan fingerprint density at radius 2 is 2.12 bits per heavy atom. The summed E-state index contributed by atoms with van der Waals surface area (Å²) >= 11 is 3.34. The van der Waals surface area contributed by atoms with Crippen LogP contribution < -0.4 is 5.32 Å². The van der Waals surface area contributed by atoms with Gasteiger partial charge in [-0.3, -0.25) is 0 Å². The molecule has 1 saturated heterocycles. The van der Waals surface area contributed by atoms with Gasteiger partial charge in [0.1, 0.15) is 5.82 Å². The van der Waals surface area contributed by atoms with Crippen LogP contribution in [0.4, 0.5) is 4.39 Å². The van der Waals surface area contributed by atoms with Crippen LogP contribution >= 0.6 is 15.9 Å². The van der Waals surface area contributed by atoms with Gasteiger partial charge in [0.2, 0.25) is 0 Å². The zero-order valence-electron chi connectivity index (χ0n) is 9.63. The summed E-state index contributed by atoms with van der Waals surface area (Å²) in [5.74, 6) is 0.102. The third-order valence-corrected chi connectivity index (χ3v) is 4.11. The number of rotatable bonds is 3. The number of aliphatic hydroxyl groups is 1. The topological polar surface area (TPSA) is 32.3 Å². The average Bonchev–Trinajstić information content (AvgIpc) is 2.34. The van der Waals surface area contributed by atoms with E-state index in [9.17, 15) is 9.50 Å². The van der Waals surface area contributed by atoms with Gasteiger partial charge in [-0.05, 0) is 56.0 Å². The molecule has 0 bridgehead atoms. The lowest BCUT2D eigenvalue weighted by atomic mass is 9.89. The van der Waals surface area contributed by atoms with Crippen molar-refractivity contribution in [2.75, 3.05) is 13.1 Å². The molecular weight excluding hydrogens is 285 g/mol. The number of benzene rings is 1. The first kappa shape index (κ1) is 13.0. The van der Waals surface area contributed by atoms with E-state index >= 15 is 0 Å². The standard InChI is InChI=1S/C13H17BrFNO/c14-12-8-11(15)2-1-10(12)7-13(17)9-3-5-16-6-4-9/h1-2,8-9,13,16-17H,3-7H2. The number of aliphatic hydroxyl groups excluding tert-OH is 1. The largest absolute Gasteiger partial charge is 0.392 e. The molecule has 1 fully saturated rings. The predicted octanol–water partition coefficient (Wildman–Crippen LogP) is 2.49. The maximum Gasteiger partial charge on any atom is 0.124 e. The van der Waals surface area contributed by atoms with Crippen LogP contribution in [-0.2, 0) is 6.42 Å². The zero-order valence-corrected chi connectivity index (χ0v) is 11.2. The van der Waals surface area contributed by atoms with Crippen molar-refractivity contribution >= 4 is 15.9 Å². The Labute approximate surface area is 109 Å². The van der Waals surface area contributed by atoms with Gasteiger partial charge in [-0.25, -0.2) is 4.39 Å². The van der Waals surface area contributed by atoms with Gasteiger partial charge < -0.3 is 10.4 Å². The molecule has 1 aromatic rings. The molecule has 1 atom stereocenters. The molecule has 2 rings (SSSR count). The number of hydrogen-bond donors (Lipinski definition) is 2. The molecule has 0 amide bonds. The van der Waals surface area contributed by atoms with Crippen molar-refractivity contribution in [3.05, 3.63) is 34.1 Å². The van der Waals surface area contributed by atoms with E-state index in [0.717, 1.165) is 36.0 Å². The minimum absolute atomic E-state index is 0.253. The molecule has 0 aromatic heterocycles. The summed E-state index contributed by atoms with van der Waals surface area (Å²) in [5, 5.41) is 13.5. The predicted molar refractivity (Wildman–Crippen MR) is 69.4 cm³/mol. The van der Waals surface area contributed by atoms with Crippen LogP contribution in [0.5, 0.6) is 0 Å². The van der Waals surface area contributed by atoms with E-state index in [4.69, 9.17) is 0 Å². The summed E-state index contributed by atoms with van der Waals surface area (Å²) in [7, 11) is 0. The van der Waals surface area contributed by atoms with E-state index < -0.39 is 0 Å². The molecule has 94 valence electrons. The van der Waals surface area contributed by atoms with E-state index in [1.54, 1.807) is 6.07 Å². The summed E-state index contributed by atoms with van der Waals surface area (Å²) < 4.78 is 13.7. The molecule has 1 aliphatic heterocycles. The molecule has 4 heteroatoms. The first-order valence-electron chi connectivity index (χ1n) is 5.99. The van der Waals surface area contributed by atoms with E-state index in [1.165, 1.54) is 12.1 Å². The second-order valence-electron chi connectivity index (χ2n) is 4.59. The molecule has 1 unspecified atom stereocenters. The Morgan fingerprint density at radius 3 is 2.76 bits per heavy atom. The molecule has 0 aliphatic carbocycles. The van der Waals surface area contributed by atoms with Crippen LogP contribution in [0.25, 0.3) is 0 Å². The van der Waals surface area contributed by atoms with Crippen LogP contribution in [-0.4, -0.2) is 24.3 Å². The summed E-state index contributed by atoms with van der Waals surface area (Å²) in [6, 6.07) is 4.63. The van der Waals surface area contributed by atoms with Gasteiger partial charge in [0.15, 0.2) is 0 Å². The van der Waals surface area contributed by atoms with Crippen molar-refractivity contribution in [2.24, 2.45) is 5.92 Å². The number of hydrogen-bond acceptors (Lipinski definition) is 2. The Kier molecular flexibility index (Phi) is 4.54. The molecule has 1 aromatic carbocycles. The second-order valence-corrected chi connectivity index (χ2v) is 5.45. The third-order valence-electron chi connectivity index (χ3n) is 3.37. The summed E-state index contributed by atoms with van der Waals surface area (Å²) in [5.41, 5.74) is 0.970. The third kappa shape index (κ3) is 3.50. The van der Waals surface area contributed by atoms with Gasteiger partial charge in [0.05, 0.1) is 6.10 Å². The highest BCUT2D eigenvalue weighted by molar-refractivity contribution is 9.10. The molecular formula is C13H17BrFNO. The minimum atomic E-state index is -0.334. The fourth-order valence-corrected chi connectivity index (χ4v) is 2.82. The fourth-order valence-electron chi connectivity index (χ4n) is 2.31. The highest BCUT2D eigenvalue weighted by atomic mass is 79.9. The minimum Gasteiger partial charge on any atom is -0.392 e. The van der Waals surface area contributed by atoms with Crippen molar-refractivity contribution in [1.82, 2.24) is 5.32 Å². The SMILES string of the molecule is OC(Cc1ccc(F)cc1Br)C1CCNCC1. The molecule has 2 N–H and O–H groups in total. The van der Waals surface area contributed by atoms with E-state index in [2.05, 4.69) is 21.2 Å². The monoisotopic (exact) mass is 301 g/mol. The molecule has 0 spiro atoms. The Hall–Kier alpha value is -0.450. The van der Waals surface area contributed by atoms with Gasteiger partial charge in [0.25, 0.3) is 0 Å². The highest BCUT2D eigenvalue weighted by Crippen LogP contribution is 2.24. The molecule has 17 heavy (non-hydrogen) atoms. The number of nitrogens with one attached hydrogen (secondary N) is 1. The lowest BCUT2D eigenvalue weighted by Crippen LogP contribution is -2.35. The summed E-state index contributed by atoms with van der Waals surface area (Å²) in [4.78, 5) is 0. The highest BCUT2D eigenvalue weighted by Gasteiger charge is 2.22. The summed E-state index contributed by atoms with van der Waals surface area (Å²) in [6.07, 6.45) is 2.28. The van der Waals surface area contributed by atoms with Crippen LogP contribution in [0.15, 0.2) is 22.7 Å². The summed E-state index contributed by atoms with van der Waals surface area (Å²) in [6.45, 7) is 1.96. The van der Waals surface area contributed by atoms with Crippen molar-refractivity contribution in [1.29, 1.82) is 0 Å². The lowest BCUT2D eigenvalue weighted by Gasteiger charge is -2.27. The smallest absolute Gasteiger partial charge is 0.124 e. The second kappa shape index (κ2) is 5.94.